The van der Waals surface area contributed by atoms with Crippen molar-refractivity contribution in [3.05, 3.63) is 64.9 Å². The lowest BCUT2D eigenvalue weighted by Gasteiger charge is -2.28. The summed E-state index contributed by atoms with van der Waals surface area (Å²) < 4.78 is 5.47. The maximum Gasteiger partial charge on any atom is 0.255 e. The monoisotopic (exact) mass is 330 g/mol. The standard InChI is InChI=1S/C18H19ClN2O2/c19-17-12-20-9-6-16(17)18(22)21(15-8-11-23-13-15)10-7-14-4-2-1-3-5-14/h1-6,9,12,15H,7-8,10-11,13H2/t15-/m0/s1. The van der Waals surface area contributed by atoms with Gasteiger partial charge in [-0.1, -0.05) is 41.9 Å². The fourth-order valence-electron chi connectivity index (χ4n) is 2.82. The lowest BCUT2D eigenvalue weighted by atomic mass is 10.1. The third-order valence-electron chi connectivity index (χ3n) is 4.09. The van der Waals surface area contributed by atoms with Gasteiger partial charge in [0.05, 0.1) is 23.2 Å². The molecule has 1 aromatic heterocycles. The Kier molecular flexibility index (Phi) is 5.26. The van der Waals surface area contributed by atoms with Crippen molar-refractivity contribution >= 4 is 17.5 Å². The minimum atomic E-state index is -0.0520. The second-order valence-corrected chi connectivity index (χ2v) is 6.01. The van der Waals surface area contributed by atoms with E-state index in [0.29, 0.717) is 30.3 Å². The maximum absolute atomic E-state index is 12.9. The summed E-state index contributed by atoms with van der Waals surface area (Å²) in [6, 6.07) is 12.0. The smallest absolute Gasteiger partial charge is 0.255 e. The van der Waals surface area contributed by atoms with Crippen LogP contribution in [0.5, 0.6) is 0 Å². The number of benzene rings is 1. The zero-order valence-electron chi connectivity index (χ0n) is 12.8. The topological polar surface area (TPSA) is 42.4 Å². The quantitative estimate of drug-likeness (QED) is 0.845. The van der Waals surface area contributed by atoms with E-state index in [0.717, 1.165) is 12.8 Å². The molecule has 1 amide bonds. The highest BCUT2D eigenvalue weighted by Gasteiger charge is 2.28. The molecule has 5 heteroatoms. The Morgan fingerprint density at radius 3 is 2.83 bits per heavy atom. The van der Waals surface area contributed by atoms with Gasteiger partial charge in [0.15, 0.2) is 0 Å². The summed E-state index contributed by atoms with van der Waals surface area (Å²) in [5.74, 6) is -0.0520. The molecule has 1 saturated heterocycles. The van der Waals surface area contributed by atoms with E-state index in [1.807, 2.05) is 23.1 Å². The molecule has 4 nitrogen and oxygen atoms in total. The molecule has 2 aromatic rings. The number of hydrogen-bond acceptors (Lipinski definition) is 3. The number of nitrogens with zero attached hydrogens (tertiary/aromatic N) is 2. The lowest BCUT2D eigenvalue weighted by molar-refractivity contribution is 0.0656. The molecule has 1 aliphatic heterocycles. The van der Waals surface area contributed by atoms with E-state index in [1.54, 1.807) is 12.3 Å². The Morgan fingerprint density at radius 1 is 1.30 bits per heavy atom. The minimum absolute atomic E-state index is 0.0520. The number of aromatic nitrogens is 1. The van der Waals surface area contributed by atoms with Crippen molar-refractivity contribution in [1.29, 1.82) is 0 Å². The molecular formula is C18H19ClN2O2. The number of carbonyl (C=O) groups excluding carboxylic acids is 1. The minimum Gasteiger partial charge on any atom is -0.379 e. The normalized spacial score (nSPS) is 17.2. The largest absolute Gasteiger partial charge is 0.379 e. The molecule has 3 rings (SSSR count). The maximum atomic E-state index is 12.9. The Bertz CT molecular complexity index is 657. The Hall–Kier alpha value is -1.91. The molecular weight excluding hydrogens is 312 g/mol. The van der Waals surface area contributed by atoms with E-state index in [1.165, 1.54) is 11.8 Å². The second-order valence-electron chi connectivity index (χ2n) is 5.61. The molecule has 0 N–H and O–H groups in total. The summed E-state index contributed by atoms with van der Waals surface area (Å²) in [5, 5.41) is 0.390. The molecule has 0 bridgehead atoms. The van der Waals surface area contributed by atoms with Gasteiger partial charge in [-0.05, 0) is 24.5 Å². The van der Waals surface area contributed by atoms with Crippen LogP contribution in [-0.4, -0.2) is 41.6 Å². The van der Waals surface area contributed by atoms with Gasteiger partial charge >= 0.3 is 0 Å². The predicted octanol–water partition coefficient (Wildman–Crippen LogP) is 3.21. The number of ether oxygens (including phenoxy) is 1. The van der Waals surface area contributed by atoms with Gasteiger partial charge in [0.2, 0.25) is 0 Å². The van der Waals surface area contributed by atoms with Crippen molar-refractivity contribution in [2.75, 3.05) is 19.8 Å². The summed E-state index contributed by atoms with van der Waals surface area (Å²) in [6.07, 6.45) is 4.78. The highest BCUT2D eigenvalue weighted by Crippen LogP contribution is 2.21. The molecule has 1 atom stereocenters. The molecule has 2 heterocycles. The predicted molar refractivity (Wildman–Crippen MR) is 89.7 cm³/mol. The molecule has 23 heavy (non-hydrogen) atoms. The van der Waals surface area contributed by atoms with E-state index in [9.17, 15) is 4.79 Å². The molecule has 0 aliphatic carbocycles. The number of carbonyl (C=O) groups is 1. The van der Waals surface area contributed by atoms with Crippen LogP contribution in [0.15, 0.2) is 48.8 Å². The summed E-state index contributed by atoms with van der Waals surface area (Å²) >= 11 is 6.15. The van der Waals surface area contributed by atoms with E-state index >= 15 is 0 Å². The molecule has 1 aromatic carbocycles. The Morgan fingerprint density at radius 2 is 2.13 bits per heavy atom. The van der Waals surface area contributed by atoms with E-state index in [2.05, 4.69) is 17.1 Å². The number of pyridine rings is 1. The van der Waals surface area contributed by atoms with Crippen LogP contribution in [0.25, 0.3) is 0 Å². The van der Waals surface area contributed by atoms with E-state index in [4.69, 9.17) is 16.3 Å². The van der Waals surface area contributed by atoms with E-state index < -0.39 is 0 Å². The highest BCUT2D eigenvalue weighted by atomic mass is 35.5. The van der Waals surface area contributed by atoms with Crippen LogP contribution in [-0.2, 0) is 11.2 Å². The molecule has 0 radical (unpaired) electrons. The van der Waals surface area contributed by atoms with Crippen molar-refractivity contribution in [1.82, 2.24) is 9.88 Å². The summed E-state index contributed by atoms with van der Waals surface area (Å²) in [4.78, 5) is 18.8. The first-order chi connectivity index (χ1) is 11.3. The van der Waals surface area contributed by atoms with Crippen LogP contribution in [0.1, 0.15) is 22.3 Å². The zero-order chi connectivity index (χ0) is 16.1. The van der Waals surface area contributed by atoms with Gasteiger partial charge < -0.3 is 9.64 Å². The van der Waals surface area contributed by atoms with Gasteiger partial charge in [0.25, 0.3) is 5.91 Å². The van der Waals surface area contributed by atoms with Crippen LogP contribution >= 0.6 is 11.6 Å². The van der Waals surface area contributed by atoms with Crippen LogP contribution in [0, 0.1) is 0 Å². The second kappa shape index (κ2) is 7.57. The Labute approximate surface area is 141 Å². The first kappa shape index (κ1) is 16.0. The highest BCUT2D eigenvalue weighted by molar-refractivity contribution is 6.33. The first-order valence-corrected chi connectivity index (χ1v) is 8.15. The fourth-order valence-corrected chi connectivity index (χ4v) is 3.02. The number of amides is 1. The van der Waals surface area contributed by atoms with Crippen LogP contribution < -0.4 is 0 Å². The number of halogens is 1. The molecule has 0 saturated carbocycles. The van der Waals surface area contributed by atoms with Crippen molar-refractivity contribution in [3.8, 4) is 0 Å². The van der Waals surface area contributed by atoms with Crippen molar-refractivity contribution in [2.24, 2.45) is 0 Å². The van der Waals surface area contributed by atoms with Gasteiger partial charge in [0, 0.05) is 25.5 Å². The molecule has 0 spiro atoms. The Balaban J connectivity index is 1.78. The van der Waals surface area contributed by atoms with Crippen molar-refractivity contribution < 1.29 is 9.53 Å². The third-order valence-corrected chi connectivity index (χ3v) is 4.40. The molecule has 1 aliphatic rings. The summed E-state index contributed by atoms with van der Waals surface area (Å²) in [6.45, 7) is 1.93. The van der Waals surface area contributed by atoms with Crippen LogP contribution in [0.2, 0.25) is 5.02 Å². The average Bonchev–Trinajstić information content (AvgIpc) is 3.10. The van der Waals surface area contributed by atoms with E-state index in [-0.39, 0.29) is 11.9 Å². The van der Waals surface area contributed by atoms with Gasteiger partial charge in [-0.2, -0.15) is 0 Å². The van der Waals surface area contributed by atoms with Gasteiger partial charge in [-0.3, -0.25) is 9.78 Å². The summed E-state index contributed by atoms with van der Waals surface area (Å²) in [5.41, 5.74) is 1.71. The lowest BCUT2D eigenvalue weighted by Crippen LogP contribution is -2.42. The van der Waals surface area contributed by atoms with Crippen molar-refractivity contribution in [3.63, 3.8) is 0 Å². The summed E-state index contributed by atoms with van der Waals surface area (Å²) in [7, 11) is 0. The average molecular weight is 331 g/mol. The molecule has 0 unspecified atom stereocenters. The SMILES string of the molecule is O=C(c1ccncc1Cl)N(CCc1ccccc1)[C@H]1CCOC1. The third kappa shape index (κ3) is 3.89. The van der Waals surface area contributed by atoms with Gasteiger partial charge in [0.1, 0.15) is 0 Å². The molecule has 1 fully saturated rings. The van der Waals surface area contributed by atoms with Gasteiger partial charge in [-0.25, -0.2) is 0 Å². The van der Waals surface area contributed by atoms with Gasteiger partial charge in [-0.15, -0.1) is 0 Å². The van der Waals surface area contributed by atoms with Crippen LogP contribution in [0.3, 0.4) is 0 Å². The number of rotatable bonds is 5. The fraction of sp³-hybridized carbons (Fsp3) is 0.333. The van der Waals surface area contributed by atoms with Crippen LogP contribution in [0.4, 0.5) is 0 Å². The number of hydrogen-bond donors (Lipinski definition) is 0. The zero-order valence-corrected chi connectivity index (χ0v) is 13.6. The van der Waals surface area contributed by atoms with Crippen molar-refractivity contribution in [2.45, 2.75) is 18.9 Å². The molecule has 120 valence electrons. The first-order valence-electron chi connectivity index (χ1n) is 7.78.